The molecule has 1 aromatic heterocycles. The predicted molar refractivity (Wildman–Crippen MR) is 83.4 cm³/mol. The molecule has 0 aliphatic carbocycles. The third-order valence-corrected chi connectivity index (χ3v) is 3.47. The van der Waals surface area contributed by atoms with Gasteiger partial charge in [-0.2, -0.15) is 0 Å². The molecular weight excluding hydrogens is 300 g/mol. The van der Waals surface area contributed by atoms with Gasteiger partial charge in [0, 0.05) is 25.9 Å². The highest BCUT2D eigenvalue weighted by Crippen LogP contribution is 2.20. The first-order chi connectivity index (χ1) is 10.8. The zero-order valence-corrected chi connectivity index (χ0v) is 14.1. The summed E-state index contributed by atoms with van der Waals surface area (Å²) in [5.41, 5.74) is -0.498. The number of hydrogen-bond acceptors (Lipinski definition) is 5. The van der Waals surface area contributed by atoms with Gasteiger partial charge in [0.15, 0.2) is 5.75 Å². The topological polar surface area (TPSA) is 74.9 Å². The van der Waals surface area contributed by atoms with Crippen LogP contribution in [-0.4, -0.2) is 42.9 Å². The Balaban J connectivity index is 1.86. The molecule has 0 N–H and O–H groups in total. The molecular formula is C16H24N2O5. The fourth-order valence-electron chi connectivity index (χ4n) is 2.31. The number of methoxy groups -OCH3 is 1. The molecule has 0 unspecified atom stereocenters. The van der Waals surface area contributed by atoms with Gasteiger partial charge in [-0.1, -0.05) is 0 Å². The molecule has 0 aromatic carbocycles. The maximum absolute atomic E-state index is 12.0. The Hall–Kier alpha value is -2.18. The highest BCUT2D eigenvalue weighted by atomic mass is 16.6. The van der Waals surface area contributed by atoms with Crippen molar-refractivity contribution in [2.45, 2.75) is 45.3 Å². The second-order valence-electron chi connectivity index (χ2n) is 6.52. The van der Waals surface area contributed by atoms with E-state index in [-0.39, 0.29) is 18.1 Å². The SMILES string of the molecule is COc1ccc(OC2CCN(C(=O)OC(C)(C)C)CC2)[n+]([O-])c1. The van der Waals surface area contributed by atoms with E-state index in [1.807, 2.05) is 20.8 Å². The van der Waals surface area contributed by atoms with Gasteiger partial charge in [-0.3, -0.25) is 0 Å². The summed E-state index contributed by atoms with van der Waals surface area (Å²) in [7, 11) is 1.50. The van der Waals surface area contributed by atoms with Gasteiger partial charge < -0.3 is 24.3 Å². The van der Waals surface area contributed by atoms with Crippen molar-refractivity contribution in [3.63, 3.8) is 0 Å². The van der Waals surface area contributed by atoms with E-state index in [0.29, 0.717) is 36.4 Å². The molecule has 0 saturated carbocycles. The molecule has 1 fully saturated rings. The minimum Gasteiger partial charge on any atom is -0.616 e. The Labute approximate surface area is 136 Å². The van der Waals surface area contributed by atoms with Crippen LogP contribution in [0, 0.1) is 5.21 Å². The number of hydrogen-bond donors (Lipinski definition) is 0. The van der Waals surface area contributed by atoms with Gasteiger partial charge >= 0.3 is 12.0 Å². The Kier molecular flexibility index (Phi) is 5.18. The lowest BCUT2D eigenvalue weighted by atomic mass is 10.1. The second kappa shape index (κ2) is 6.93. The molecule has 2 rings (SSSR count). The van der Waals surface area contributed by atoms with E-state index in [2.05, 4.69) is 0 Å². The number of piperidine rings is 1. The summed E-state index contributed by atoms with van der Waals surface area (Å²) in [6.45, 7) is 6.63. The summed E-state index contributed by atoms with van der Waals surface area (Å²) < 4.78 is 16.7. The number of pyridine rings is 1. The maximum atomic E-state index is 12.0. The van der Waals surface area contributed by atoms with E-state index in [4.69, 9.17) is 14.2 Å². The number of carbonyl (C=O) groups is 1. The molecule has 0 radical (unpaired) electrons. The molecule has 0 spiro atoms. The molecule has 0 bridgehead atoms. The van der Waals surface area contributed by atoms with Crippen LogP contribution < -0.4 is 14.2 Å². The lowest BCUT2D eigenvalue weighted by molar-refractivity contribution is -0.614. The Morgan fingerprint density at radius 2 is 1.96 bits per heavy atom. The lowest BCUT2D eigenvalue weighted by Gasteiger charge is -2.33. The van der Waals surface area contributed by atoms with Gasteiger partial charge in [0.2, 0.25) is 6.20 Å². The molecule has 1 amide bonds. The fourth-order valence-corrected chi connectivity index (χ4v) is 2.31. The zero-order valence-electron chi connectivity index (χ0n) is 14.1. The smallest absolute Gasteiger partial charge is 0.410 e. The first-order valence-corrected chi connectivity index (χ1v) is 7.70. The molecule has 1 aliphatic rings. The molecule has 7 heteroatoms. The highest BCUT2D eigenvalue weighted by molar-refractivity contribution is 5.68. The van der Waals surface area contributed by atoms with E-state index in [1.165, 1.54) is 13.3 Å². The number of likely N-dealkylation sites (tertiary alicyclic amines) is 1. The van der Waals surface area contributed by atoms with Crippen LogP contribution in [0.3, 0.4) is 0 Å². The van der Waals surface area contributed by atoms with Crippen LogP contribution in [0.4, 0.5) is 4.79 Å². The molecule has 1 saturated heterocycles. The van der Waals surface area contributed by atoms with Gasteiger partial charge in [-0.05, 0) is 26.8 Å². The van der Waals surface area contributed by atoms with E-state index >= 15 is 0 Å². The number of carbonyl (C=O) groups excluding carboxylic acids is 1. The Morgan fingerprint density at radius 1 is 1.30 bits per heavy atom. The average Bonchev–Trinajstić information content (AvgIpc) is 2.48. The van der Waals surface area contributed by atoms with Crippen LogP contribution >= 0.6 is 0 Å². The van der Waals surface area contributed by atoms with E-state index in [1.54, 1.807) is 17.0 Å². The molecule has 1 aliphatic heterocycles. The van der Waals surface area contributed by atoms with Gasteiger partial charge in [0.25, 0.3) is 0 Å². The van der Waals surface area contributed by atoms with Crippen molar-refractivity contribution in [1.29, 1.82) is 0 Å². The van der Waals surface area contributed by atoms with E-state index in [0.717, 1.165) is 0 Å². The summed E-state index contributed by atoms with van der Waals surface area (Å²) in [4.78, 5) is 13.7. The number of aromatic nitrogens is 1. The number of ether oxygens (including phenoxy) is 3. The summed E-state index contributed by atoms with van der Waals surface area (Å²) in [5, 5.41) is 11.8. The van der Waals surface area contributed by atoms with E-state index < -0.39 is 5.60 Å². The predicted octanol–water partition coefficient (Wildman–Crippen LogP) is 2.11. The molecule has 23 heavy (non-hydrogen) atoms. The van der Waals surface area contributed by atoms with Crippen molar-refractivity contribution in [2.75, 3.05) is 20.2 Å². The fraction of sp³-hybridized carbons (Fsp3) is 0.625. The molecule has 1 aromatic rings. The van der Waals surface area contributed by atoms with Crippen LogP contribution in [0.1, 0.15) is 33.6 Å². The van der Waals surface area contributed by atoms with Gasteiger partial charge in [-0.15, -0.1) is 4.73 Å². The quantitative estimate of drug-likeness (QED) is 0.629. The van der Waals surface area contributed by atoms with Crippen LogP contribution in [0.2, 0.25) is 0 Å². The van der Waals surface area contributed by atoms with Crippen molar-refractivity contribution < 1.29 is 23.7 Å². The summed E-state index contributed by atoms with van der Waals surface area (Å²) in [6, 6.07) is 3.27. The zero-order chi connectivity index (χ0) is 17.0. The van der Waals surface area contributed by atoms with Gasteiger partial charge in [0.1, 0.15) is 11.7 Å². The Bertz CT molecular complexity index is 548. The van der Waals surface area contributed by atoms with Crippen LogP contribution in [0.15, 0.2) is 18.3 Å². The summed E-state index contributed by atoms with van der Waals surface area (Å²) >= 11 is 0. The minimum atomic E-state index is -0.498. The van der Waals surface area contributed by atoms with E-state index in [9.17, 15) is 10.0 Å². The molecule has 7 nitrogen and oxygen atoms in total. The summed E-state index contributed by atoms with van der Waals surface area (Å²) in [6.07, 6.45) is 2.24. The van der Waals surface area contributed by atoms with Crippen LogP contribution in [0.5, 0.6) is 11.6 Å². The normalized spacial score (nSPS) is 16.1. The first kappa shape index (κ1) is 17.2. The van der Waals surface area contributed by atoms with Crippen molar-refractivity contribution in [1.82, 2.24) is 4.90 Å². The monoisotopic (exact) mass is 324 g/mol. The van der Waals surface area contributed by atoms with Crippen molar-refractivity contribution in [3.8, 4) is 11.6 Å². The molecule has 128 valence electrons. The van der Waals surface area contributed by atoms with Crippen molar-refractivity contribution in [2.24, 2.45) is 0 Å². The summed E-state index contributed by atoms with van der Waals surface area (Å²) in [5.74, 6) is 0.716. The van der Waals surface area contributed by atoms with Gasteiger partial charge in [-0.25, -0.2) is 4.79 Å². The standard InChI is InChI=1S/C16H24N2O5/c1-16(2,3)23-15(19)17-9-7-12(8-10-17)22-14-6-5-13(21-4)11-18(14)20/h5-6,11-12H,7-10H2,1-4H3. The maximum Gasteiger partial charge on any atom is 0.410 e. The second-order valence-corrected chi connectivity index (χ2v) is 6.52. The molecule has 2 heterocycles. The van der Waals surface area contributed by atoms with Crippen molar-refractivity contribution in [3.05, 3.63) is 23.5 Å². The Morgan fingerprint density at radius 3 is 2.48 bits per heavy atom. The van der Waals surface area contributed by atoms with Crippen LogP contribution in [0.25, 0.3) is 0 Å². The first-order valence-electron chi connectivity index (χ1n) is 7.70. The number of nitrogens with zero attached hydrogens (tertiary/aromatic N) is 2. The number of rotatable bonds is 3. The third kappa shape index (κ3) is 4.91. The largest absolute Gasteiger partial charge is 0.616 e. The number of amides is 1. The lowest BCUT2D eigenvalue weighted by Crippen LogP contribution is -2.45. The highest BCUT2D eigenvalue weighted by Gasteiger charge is 2.28. The third-order valence-electron chi connectivity index (χ3n) is 3.47. The van der Waals surface area contributed by atoms with Crippen LogP contribution in [-0.2, 0) is 4.74 Å². The van der Waals surface area contributed by atoms with Gasteiger partial charge in [0.05, 0.1) is 13.2 Å². The molecule has 0 atom stereocenters. The van der Waals surface area contributed by atoms with Crippen molar-refractivity contribution >= 4 is 6.09 Å². The average molecular weight is 324 g/mol. The minimum absolute atomic E-state index is 0.0951.